The molecule has 5 rings (SSSR count). The highest BCUT2D eigenvalue weighted by atomic mass is 16.5. The zero-order valence-electron chi connectivity index (χ0n) is 43.0. The van der Waals surface area contributed by atoms with Gasteiger partial charge < -0.3 is 23.7 Å². The zero-order chi connectivity index (χ0) is 53.4. The van der Waals surface area contributed by atoms with E-state index in [0.29, 0.717) is 60.9 Å². The Morgan fingerprint density at radius 2 is 0.764 bits per heavy atom. The van der Waals surface area contributed by atoms with Crippen LogP contribution in [0.2, 0.25) is 0 Å². The minimum atomic E-state index is -0.244. The first-order valence-corrected chi connectivity index (χ1v) is 24.4. The largest absolute Gasteiger partial charge is 0.462 e. The van der Waals surface area contributed by atoms with Crippen molar-refractivity contribution in [3.05, 3.63) is 188 Å². The van der Waals surface area contributed by atoms with E-state index in [0.717, 1.165) is 72.8 Å². The fourth-order valence-corrected chi connectivity index (χ4v) is 5.56. The molecule has 0 spiro atoms. The highest BCUT2D eigenvalue weighted by Gasteiger charge is 2.07. The van der Waals surface area contributed by atoms with E-state index in [1.54, 1.807) is 98.0 Å². The van der Waals surface area contributed by atoms with Crippen LogP contribution >= 0.6 is 0 Å². The smallest absolute Gasteiger partial charge is 0.338 e. The molecule has 5 aromatic rings. The van der Waals surface area contributed by atoms with Gasteiger partial charge in [-0.3, -0.25) is 19.2 Å². The summed E-state index contributed by atoms with van der Waals surface area (Å²) < 4.78 is 25.5. The second kappa shape index (κ2) is 38.9. The van der Waals surface area contributed by atoms with Crippen LogP contribution in [0.3, 0.4) is 0 Å². The van der Waals surface area contributed by atoms with Crippen molar-refractivity contribution < 1.29 is 47.7 Å². The van der Waals surface area contributed by atoms with Crippen LogP contribution in [-0.2, 0) is 23.9 Å². The maximum Gasteiger partial charge on any atom is 0.338 e. The predicted molar refractivity (Wildman–Crippen MR) is 295 cm³/mol. The number of ether oxygens (including phenoxy) is 5. The summed E-state index contributed by atoms with van der Waals surface area (Å²) >= 11 is 0. The number of benzene rings is 5. The molecule has 0 atom stereocenters. The van der Waals surface area contributed by atoms with Crippen molar-refractivity contribution in [2.45, 2.75) is 105 Å². The van der Waals surface area contributed by atoms with Crippen LogP contribution in [0.1, 0.15) is 143 Å². The molecule has 0 aliphatic carbocycles. The zero-order valence-corrected chi connectivity index (χ0v) is 43.0. The lowest BCUT2D eigenvalue weighted by atomic mass is 10.1. The van der Waals surface area contributed by atoms with E-state index in [1.807, 2.05) is 81.4 Å². The molecule has 0 bridgehead atoms. The van der Waals surface area contributed by atoms with Gasteiger partial charge in [0.2, 0.25) is 0 Å². The lowest BCUT2D eigenvalue weighted by Gasteiger charge is -2.04. The Hall–Kier alpha value is -7.85. The summed E-state index contributed by atoms with van der Waals surface area (Å²) in [6.45, 7) is 28.6. The third-order valence-corrected chi connectivity index (χ3v) is 9.66. The molecule has 0 amide bonds. The van der Waals surface area contributed by atoms with Gasteiger partial charge in [-0.1, -0.05) is 178 Å². The Labute approximate surface area is 428 Å². The van der Waals surface area contributed by atoms with Crippen molar-refractivity contribution in [3.8, 4) is 23.0 Å². The Kier molecular flexibility index (Phi) is 33.6. The summed E-state index contributed by atoms with van der Waals surface area (Å²) in [7, 11) is 0. The average Bonchev–Trinajstić information content (AvgIpc) is 3.40. The topological polar surface area (TPSA) is 132 Å². The van der Waals surface area contributed by atoms with Gasteiger partial charge in [0.15, 0.2) is 0 Å². The standard InChI is InChI=1S/C14H18O2.C13H16O2.2C12H14O2.C11H12O2/c1-3-5-6-11-16-14(15)13-9-7-12(4-2)8-10-13;1-3-5-6-13(14)15-12-9-7-11(4-2)8-10-12;1-3-6-12(13)14-11-8-5-7-10(4-2)9-11;1-3-5-12(13)14-11-8-6-10(4-2)7-9-11;1-3-9-5-7-10(8-6-9)13-11(12)4-2/h4,7-10H,2-3,5-6,11H2,1H3;4,7-10H,2-3,5-6H2,1H3;4-5,7-9H,2-3,6H2,1H3;4,6-9H,2-3,5H2,1H3;3,5-8H,1,4H2,2H3. The fourth-order valence-electron chi connectivity index (χ4n) is 5.56. The van der Waals surface area contributed by atoms with Crippen molar-refractivity contribution in [1.29, 1.82) is 0 Å². The quantitative estimate of drug-likeness (QED) is 0.0375. The first-order chi connectivity index (χ1) is 34.8. The molecule has 0 aliphatic heterocycles. The van der Waals surface area contributed by atoms with Gasteiger partial charge in [-0.05, 0) is 114 Å². The van der Waals surface area contributed by atoms with E-state index < -0.39 is 0 Å². The third-order valence-electron chi connectivity index (χ3n) is 9.66. The minimum Gasteiger partial charge on any atom is -0.462 e. The maximum absolute atomic E-state index is 11.6. The van der Waals surface area contributed by atoms with Crippen LogP contribution in [0, 0.1) is 0 Å². The molecule has 0 aromatic heterocycles. The molecule has 5 aromatic carbocycles. The lowest BCUT2D eigenvalue weighted by Crippen LogP contribution is -2.07. The number of carbonyl (C=O) groups excluding carboxylic acids is 5. The second-order valence-electron chi connectivity index (χ2n) is 15.6. The Bertz CT molecular complexity index is 2390. The molecule has 382 valence electrons. The number of carbonyl (C=O) groups is 5. The van der Waals surface area contributed by atoms with Crippen molar-refractivity contribution in [2.75, 3.05) is 6.61 Å². The molecule has 10 heteroatoms. The van der Waals surface area contributed by atoms with E-state index in [-0.39, 0.29) is 29.8 Å². The molecule has 0 N–H and O–H groups in total. The summed E-state index contributed by atoms with van der Waals surface area (Å²) in [5.41, 5.74) is 5.59. The number of hydrogen-bond acceptors (Lipinski definition) is 10. The summed E-state index contributed by atoms with van der Waals surface area (Å²) in [4.78, 5) is 56.0. The molecule has 0 fully saturated rings. The Morgan fingerprint density at radius 1 is 0.389 bits per heavy atom. The summed E-state index contributed by atoms with van der Waals surface area (Å²) in [5.74, 6) is 1.36. The monoisotopic (exact) mass is 979 g/mol. The van der Waals surface area contributed by atoms with Crippen LogP contribution in [0.5, 0.6) is 23.0 Å². The Balaban J connectivity index is 0.000000451. The van der Waals surface area contributed by atoms with E-state index in [1.165, 1.54) is 0 Å². The third kappa shape index (κ3) is 28.6. The van der Waals surface area contributed by atoms with Gasteiger partial charge in [-0.25, -0.2) is 4.79 Å². The van der Waals surface area contributed by atoms with Crippen molar-refractivity contribution in [1.82, 2.24) is 0 Å². The first-order valence-electron chi connectivity index (χ1n) is 24.4. The van der Waals surface area contributed by atoms with Crippen LogP contribution in [-0.4, -0.2) is 36.5 Å². The maximum atomic E-state index is 11.6. The fraction of sp³-hybridized carbons (Fsp3) is 0.274. The Morgan fingerprint density at radius 3 is 1.14 bits per heavy atom. The first kappa shape index (κ1) is 62.2. The van der Waals surface area contributed by atoms with E-state index >= 15 is 0 Å². The van der Waals surface area contributed by atoms with Crippen molar-refractivity contribution in [2.24, 2.45) is 0 Å². The van der Waals surface area contributed by atoms with Crippen molar-refractivity contribution >= 4 is 60.2 Å². The number of unbranched alkanes of at least 4 members (excludes halogenated alkanes) is 3. The molecular formula is C62H74O10. The minimum absolute atomic E-state index is 0.164. The summed E-state index contributed by atoms with van der Waals surface area (Å²) in [6, 6.07) is 36.3. The molecule has 0 unspecified atom stereocenters. The van der Waals surface area contributed by atoms with Crippen LogP contribution < -0.4 is 18.9 Å². The van der Waals surface area contributed by atoms with Gasteiger partial charge in [0, 0.05) is 25.7 Å². The average molecular weight is 979 g/mol. The molecule has 72 heavy (non-hydrogen) atoms. The normalized spacial score (nSPS) is 9.57. The van der Waals surface area contributed by atoms with Crippen LogP contribution in [0.15, 0.2) is 154 Å². The molecule has 10 nitrogen and oxygen atoms in total. The second-order valence-corrected chi connectivity index (χ2v) is 15.6. The van der Waals surface area contributed by atoms with E-state index in [4.69, 9.17) is 23.7 Å². The SMILES string of the molecule is C=Cc1ccc(C(=O)OCCCCC)cc1.C=Cc1ccc(OC(=O)CC)cc1.C=Cc1ccc(OC(=O)CCC)cc1.C=Cc1ccc(OC(=O)CCCC)cc1.C=Cc1cccc(OC(=O)CCC)c1. The van der Waals surface area contributed by atoms with Gasteiger partial charge >= 0.3 is 29.8 Å². The van der Waals surface area contributed by atoms with Gasteiger partial charge in [0.25, 0.3) is 0 Å². The summed E-state index contributed by atoms with van der Waals surface area (Å²) in [5, 5.41) is 0. The van der Waals surface area contributed by atoms with E-state index in [9.17, 15) is 24.0 Å². The van der Waals surface area contributed by atoms with Crippen molar-refractivity contribution in [3.63, 3.8) is 0 Å². The molecule has 0 radical (unpaired) electrons. The molecular weight excluding hydrogens is 905 g/mol. The number of hydrogen-bond donors (Lipinski definition) is 0. The lowest BCUT2D eigenvalue weighted by molar-refractivity contribution is -0.135. The summed E-state index contributed by atoms with van der Waals surface area (Å²) in [6.07, 6.45) is 17.2. The highest BCUT2D eigenvalue weighted by Crippen LogP contribution is 2.17. The van der Waals surface area contributed by atoms with Gasteiger partial charge in [0.05, 0.1) is 12.2 Å². The van der Waals surface area contributed by atoms with E-state index in [2.05, 4.69) is 39.8 Å². The molecule has 0 heterocycles. The molecule has 0 aliphatic rings. The van der Waals surface area contributed by atoms with Gasteiger partial charge in [0.1, 0.15) is 23.0 Å². The molecule has 0 saturated carbocycles. The number of esters is 5. The molecule has 0 saturated heterocycles. The van der Waals surface area contributed by atoms with Gasteiger partial charge in [-0.15, -0.1) is 0 Å². The van der Waals surface area contributed by atoms with Gasteiger partial charge in [-0.2, -0.15) is 0 Å². The predicted octanol–water partition coefficient (Wildman–Crippen LogP) is 15.8. The number of rotatable bonds is 22. The van der Waals surface area contributed by atoms with Crippen LogP contribution in [0.4, 0.5) is 0 Å². The van der Waals surface area contributed by atoms with Crippen LogP contribution in [0.25, 0.3) is 30.4 Å². The highest BCUT2D eigenvalue weighted by molar-refractivity contribution is 5.89.